The van der Waals surface area contributed by atoms with Gasteiger partial charge in [-0.3, -0.25) is 0 Å². The van der Waals surface area contributed by atoms with Gasteiger partial charge in [-0.05, 0) is 41.8 Å². The molecule has 1 saturated heterocycles. The van der Waals surface area contributed by atoms with Crippen molar-refractivity contribution in [3.63, 3.8) is 0 Å². The molecule has 1 atom stereocenters. The average molecular weight is 324 g/mol. The predicted octanol–water partition coefficient (Wildman–Crippen LogP) is 4.78. The van der Waals surface area contributed by atoms with Crippen LogP contribution < -0.4 is 4.90 Å². The topological polar surface area (TPSA) is 29.0 Å². The second-order valence-corrected chi connectivity index (χ2v) is 8.35. The van der Waals surface area contributed by atoms with Crippen LogP contribution >= 0.6 is 22.9 Å². The van der Waals surface area contributed by atoms with E-state index in [0.29, 0.717) is 16.6 Å². The Balaban J connectivity index is 1.99. The third-order valence-corrected chi connectivity index (χ3v) is 5.80. The molecule has 3 nitrogen and oxygen atoms in total. The number of halogens is 1. The molecule has 21 heavy (non-hydrogen) atoms. The van der Waals surface area contributed by atoms with Crippen molar-refractivity contribution in [2.75, 3.05) is 18.0 Å². The molecule has 1 aliphatic heterocycles. The Morgan fingerprint density at radius 3 is 2.76 bits per heavy atom. The predicted molar refractivity (Wildman–Crippen MR) is 91.6 cm³/mol. The number of fused-ring (bicyclic) bond motifs is 1. The van der Waals surface area contributed by atoms with E-state index in [4.69, 9.17) is 11.6 Å². The van der Waals surface area contributed by atoms with Crippen molar-refractivity contribution >= 4 is 39.0 Å². The van der Waals surface area contributed by atoms with Crippen LogP contribution in [0.25, 0.3) is 10.2 Å². The molecule has 0 bridgehead atoms. The minimum atomic E-state index is 0.341. The fourth-order valence-electron chi connectivity index (χ4n) is 3.01. The summed E-state index contributed by atoms with van der Waals surface area (Å²) in [6.07, 6.45) is 2.25. The summed E-state index contributed by atoms with van der Waals surface area (Å²) in [6, 6.07) is 2.23. The molecule has 2 aromatic rings. The van der Waals surface area contributed by atoms with E-state index in [1.165, 1.54) is 11.3 Å². The van der Waals surface area contributed by atoms with E-state index in [0.717, 1.165) is 35.5 Å². The van der Waals surface area contributed by atoms with Gasteiger partial charge in [0, 0.05) is 18.0 Å². The Morgan fingerprint density at radius 1 is 1.38 bits per heavy atom. The van der Waals surface area contributed by atoms with E-state index in [1.54, 1.807) is 11.3 Å². The summed E-state index contributed by atoms with van der Waals surface area (Å²) in [5.41, 5.74) is 0.341. The summed E-state index contributed by atoms with van der Waals surface area (Å²) in [5.74, 6) is 1.72. The lowest BCUT2D eigenvalue weighted by Gasteiger charge is -2.27. The molecular formula is C16H22ClN3S. The second kappa shape index (κ2) is 5.40. The van der Waals surface area contributed by atoms with E-state index in [9.17, 15) is 0 Å². The lowest BCUT2D eigenvalue weighted by atomic mass is 9.80. The van der Waals surface area contributed by atoms with Crippen LogP contribution in [0.15, 0.2) is 6.07 Å². The first-order valence-electron chi connectivity index (χ1n) is 7.59. The Kier molecular flexibility index (Phi) is 3.87. The second-order valence-electron chi connectivity index (χ2n) is 6.90. The van der Waals surface area contributed by atoms with Crippen molar-refractivity contribution in [2.45, 2.75) is 40.5 Å². The number of rotatable bonds is 2. The van der Waals surface area contributed by atoms with Gasteiger partial charge in [0.15, 0.2) is 0 Å². The summed E-state index contributed by atoms with van der Waals surface area (Å²) >= 11 is 7.87. The van der Waals surface area contributed by atoms with Gasteiger partial charge in [0.05, 0.1) is 5.39 Å². The smallest absolute Gasteiger partial charge is 0.225 e. The zero-order chi connectivity index (χ0) is 15.2. The first kappa shape index (κ1) is 15.0. The quantitative estimate of drug-likeness (QED) is 0.745. The highest BCUT2D eigenvalue weighted by Crippen LogP contribution is 2.38. The van der Waals surface area contributed by atoms with Crippen LogP contribution in [0.1, 0.15) is 39.0 Å². The van der Waals surface area contributed by atoms with Gasteiger partial charge in [-0.15, -0.1) is 11.3 Å². The third-order valence-electron chi connectivity index (χ3n) is 4.46. The van der Waals surface area contributed by atoms with Gasteiger partial charge in [0.25, 0.3) is 0 Å². The molecule has 0 radical (unpaired) electrons. The molecule has 5 heteroatoms. The van der Waals surface area contributed by atoms with Crippen LogP contribution in [0.5, 0.6) is 0 Å². The van der Waals surface area contributed by atoms with E-state index in [1.807, 2.05) is 0 Å². The Bertz CT molecular complexity index is 659. The first-order chi connectivity index (χ1) is 9.88. The molecule has 1 unspecified atom stereocenters. The van der Waals surface area contributed by atoms with Crippen LogP contribution in [0.3, 0.4) is 0 Å². The molecule has 114 valence electrons. The summed E-state index contributed by atoms with van der Waals surface area (Å²) < 4.78 is 0. The SMILES string of the molecule is CCc1cc2c(N3CCC(C(C)(C)C)C3)nc(Cl)nc2s1. The third kappa shape index (κ3) is 2.88. The van der Waals surface area contributed by atoms with Crippen molar-refractivity contribution < 1.29 is 0 Å². The molecule has 1 fully saturated rings. The number of anilines is 1. The van der Waals surface area contributed by atoms with Gasteiger partial charge in [0.2, 0.25) is 5.28 Å². The average Bonchev–Trinajstić information content (AvgIpc) is 3.03. The summed E-state index contributed by atoms with van der Waals surface area (Å²) in [4.78, 5) is 13.7. The Hall–Kier alpha value is -0.870. The number of thiophene rings is 1. The lowest BCUT2D eigenvalue weighted by Crippen LogP contribution is -2.26. The van der Waals surface area contributed by atoms with Gasteiger partial charge in [0.1, 0.15) is 10.6 Å². The van der Waals surface area contributed by atoms with Crippen LogP contribution in [0.2, 0.25) is 5.28 Å². The van der Waals surface area contributed by atoms with Crippen LogP contribution in [0.4, 0.5) is 5.82 Å². The van der Waals surface area contributed by atoms with E-state index >= 15 is 0 Å². The maximum Gasteiger partial charge on any atom is 0.225 e. The zero-order valence-corrected chi connectivity index (χ0v) is 14.7. The minimum absolute atomic E-state index is 0.341. The van der Waals surface area contributed by atoms with Gasteiger partial charge < -0.3 is 4.90 Å². The molecule has 3 rings (SSSR count). The van der Waals surface area contributed by atoms with Crippen molar-refractivity contribution in [2.24, 2.45) is 11.3 Å². The first-order valence-corrected chi connectivity index (χ1v) is 8.79. The van der Waals surface area contributed by atoms with Crippen molar-refractivity contribution in [3.8, 4) is 0 Å². The van der Waals surface area contributed by atoms with Crippen molar-refractivity contribution in [3.05, 3.63) is 16.2 Å². The molecule has 1 aliphatic rings. The molecule has 0 aliphatic carbocycles. The molecule has 0 N–H and O–H groups in total. The van der Waals surface area contributed by atoms with E-state index < -0.39 is 0 Å². The molecule has 3 heterocycles. The monoisotopic (exact) mass is 323 g/mol. The number of hydrogen-bond donors (Lipinski definition) is 0. The highest BCUT2D eigenvalue weighted by molar-refractivity contribution is 7.18. The molecule has 0 spiro atoms. The van der Waals surface area contributed by atoms with E-state index in [2.05, 4.69) is 48.6 Å². The maximum absolute atomic E-state index is 6.14. The van der Waals surface area contributed by atoms with Crippen LogP contribution in [-0.4, -0.2) is 23.1 Å². The highest BCUT2D eigenvalue weighted by atomic mass is 35.5. The normalized spacial score (nSPS) is 19.7. The largest absolute Gasteiger partial charge is 0.356 e. The molecular weight excluding hydrogens is 302 g/mol. The number of aromatic nitrogens is 2. The molecule has 0 aromatic carbocycles. The number of aryl methyl sites for hydroxylation is 1. The van der Waals surface area contributed by atoms with Crippen LogP contribution in [0, 0.1) is 11.3 Å². The Labute approximate surface area is 135 Å². The van der Waals surface area contributed by atoms with Gasteiger partial charge in [-0.1, -0.05) is 27.7 Å². The maximum atomic E-state index is 6.14. The van der Waals surface area contributed by atoms with Gasteiger partial charge in [-0.25, -0.2) is 4.98 Å². The number of hydrogen-bond acceptors (Lipinski definition) is 4. The summed E-state index contributed by atoms with van der Waals surface area (Å²) in [6.45, 7) is 11.3. The van der Waals surface area contributed by atoms with Gasteiger partial charge >= 0.3 is 0 Å². The fraction of sp³-hybridized carbons (Fsp3) is 0.625. The standard InChI is InChI=1S/C16H22ClN3S/c1-5-11-8-12-13(18-15(17)19-14(12)21-11)20-7-6-10(9-20)16(2,3)4/h8,10H,5-7,9H2,1-4H3. The summed E-state index contributed by atoms with van der Waals surface area (Å²) in [5, 5.41) is 1.53. The highest BCUT2D eigenvalue weighted by Gasteiger charge is 2.33. The van der Waals surface area contributed by atoms with Crippen molar-refractivity contribution in [1.82, 2.24) is 9.97 Å². The van der Waals surface area contributed by atoms with Crippen molar-refractivity contribution in [1.29, 1.82) is 0 Å². The minimum Gasteiger partial charge on any atom is -0.356 e. The van der Waals surface area contributed by atoms with E-state index in [-0.39, 0.29) is 0 Å². The fourth-order valence-corrected chi connectivity index (χ4v) is 4.18. The lowest BCUT2D eigenvalue weighted by molar-refractivity contribution is 0.263. The molecule has 0 saturated carbocycles. The molecule has 0 amide bonds. The summed E-state index contributed by atoms with van der Waals surface area (Å²) in [7, 11) is 0. The Morgan fingerprint density at radius 2 is 2.14 bits per heavy atom. The molecule has 2 aromatic heterocycles. The van der Waals surface area contributed by atoms with Crippen LogP contribution in [-0.2, 0) is 6.42 Å². The number of nitrogens with zero attached hydrogens (tertiary/aromatic N) is 3. The zero-order valence-electron chi connectivity index (χ0n) is 13.1. The van der Waals surface area contributed by atoms with Gasteiger partial charge in [-0.2, -0.15) is 4.98 Å².